The van der Waals surface area contributed by atoms with Gasteiger partial charge in [0, 0.05) is 19.8 Å². The van der Waals surface area contributed by atoms with Crippen molar-refractivity contribution in [2.45, 2.75) is 6.92 Å². The first-order valence-electron chi connectivity index (χ1n) is 4.52. The molecular formula is C11H13FN2O. The van der Waals surface area contributed by atoms with E-state index in [-0.39, 0.29) is 5.91 Å². The second-order valence-electron chi connectivity index (χ2n) is 3.49. The van der Waals surface area contributed by atoms with Gasteiger partial charge in [-0.25, -0.2) is 4.98 Å². The lowest BCUT2D eigenvalue weighted by atomic mass is 10.2. The molecule has 0 aromatic carbocycles. The molecule has 0 aliphatic heterocycles. The summed E-state index contributed by atoms with van der Waals surface area (Å²) in [5, 5.41) is 0. The van der Waals surface area contributed by atoms with Crippen LogP contribution in [0.2, 0.25) is 0 Å². The van der Waals surface area contributed by atoms with Gasteiger partial charge >= 0.3 is 0 Å². The van der Waals surface area contributed by atoms with E-state index in [1.54, 1.807) is 7.05 Å². The molecule has 0 bridgehead atoms. The molecule has 0 radical (unpaired) electrons. The van der Waals surface area contributed by atoms with Gasteiger partial charge in [-0.15, -0.1) is 0 Å². The van der Waals surface area contributed by atoms with Crippen molar-refractivity contribution >= 4 is 5.91 Å². The Hall–Kier alpha value is -1.71. The minimum absolute atomic E-state index is 0.189. The van der Waals surface area contributed by atoms with Crippen LogP contribution >= 0.6 is 0 Å². The lowest BCUT2D eigenvalue weighted by molar-refractivity contribution is 0.0806. The van der Waals surface area contributed by atoms with Crippen LogP contribution in [0, 0.1) is 5.95 Å². The Morgan fingerprint density at radius 3 is 2.73 bits per heavy atom. The first kappa shape index (κ1) is 11.4. The normalized spacial score (nSPS) is 9.80. The van der Waals surface area contributed by atoms with E-state index >= 15 is 0 Å². The van der Waals surface area contributed by atoms with Gasteiger partial charge in [0.1, 0.15) is 0 Å². The number of amides is 1. The lowest BCUT2D eigenvalue weighted by Crippen LogP contribution is -2.28. The fourth-order valence-corrected chi connectivity index (χ4v) is 1.20. The summed E-state index contributed by atoms with van der Waals surface area (Å²) in [6, 6.07) is 2.58. The van der Waals surface area contributed by atoms with Crippen LogP contribution < -0.4 is 0 Å². The molecule has 0 unspecified atom stereocenters. The van der Waals surface area contributed by atoms with Crippen LogP contribution in [0.15, 0.2) is 30.5 Å². The lowest BCUT2D eigenvalue weighted by Gasteiger charge is -2.16. The molecular weight excluding hydrogens is 195 g/mol. The van der Waals surface area contributed by atoms with E-state index < -0.39 is 5.95 Å². The van der Waals surface area contributed by atoms with E-state index in [2.05, 4.69) is 11.6 Å². The summed E-state index contributed by atoms with van der Waals surface area (Å²) in [7, 11) is 1.67. The fraction of sp³-hybridized carbons (Fsp3) is 0.273. The number of likely N-dealkylation sites (N-methyl/N-ethyl adjacent to an activating group) is 1. The Labute approximate surface area is 88.2 Å². The second kappa shape index (κ2) is 4.68. The van der Waals surface area contributed by atoms with Crippen molar-refractivity contribution in [3.05, 3.63) is 42.0 Å². The average molecular weight is 208 g/mol. The van der Waals surface area contributed by atoms with Gasteiger partial charge in [-0.3, -0.25) is 4.79 Å². The van der Waals surface area contributed by atoms with Crippen molar-refractivity contribution in [2.24, 2.45) is 0 Å². The Bertz CT molecular complexity index is 373. The van der Waals surface area contributed by atoms with Gasteiger partial charge in [-0.2, -0.15) is 4.39 Å². The second-order valence-corrected chi connectivity index (χ2v) is 3.49. The summed E-state index contributed by atoms with van der Waals surface area (Å²) < 4.78 is 12.5. The zero-order valence-electron chi connectivity index (χ0n) is 8.83. The maximum atomic E-state index is 12.5. The highest BCUT2D eigenvalue weighted by Crippen LogP contribution is 2.04. The Morgan fingerprint density at radius 1 is 1.60 bits per heavy atom. The van der Waals surface area contributed by atoms with Gasteiger partial charge in [-0.05, 0) is 19.1 Å². The number of rotatable bonds is 3. The molecule has 4 heteroatoms. The highest BCUT2D eigenvalue weighted by atomic mass is 19.1. The Balaban J connectivity index is 2.76. The van der Waals surface area contributed by atoms with Crippen LogP contribution in [0.1, 0.15) is 17.3 Å². The molecule has 0 N–H and O–H groups in total. The van der Waals surface area contributed by atoms with Gasteiger partial charge in [0.25, 0.3) is 5.91 Å². The maximum absolute atomic E-state index is 12.5. The molecule has 0 aliphatic carbocycles. The van der Waals surface area contributed by atoms with Gasteiger partial charge in [0.05, 0.1) is 5.56 Å². The molecule has 80 valence electrons. The van der Waals surface area contributed by atoms with E-state index in [1.165, 1.54) is 23.2 Å². The van der Waals surface area contributed by atoms with Crippen molar-refractivity contribution in [2.75, 3.05) is 13.6 Å². The Morgan fingerprint density at radius 2 is 2.27 bits per heavy atom. The number of halogens is 1. The van der Waals surface area contributed by atoms with Gasteiger partial charge in [-0.1, -0.05) is 12.2 Å². The molecule has 0 aliphatic rings. The summed E-state index contributed by atoms with van der Waals surface area (Å²) in [6.45, 7) is 6.04. The van der Waals surface area contributed by atoms with Crippen LogP contribution in [0.25, 0.3) is 0 Å². The summed E-state index contributed by atoms with van der Waals surface area (Å²) in [6.07, 6.45) is 1.23. The topological polar surface area (TPSA) is 33.2 Å². The van der Waals surface area contributed by atoms with Gasteiger partial charge < -0.3 is 4.90 Å². The number of pyridine rings is 1. The van der Waals surface area contributed by atoms with E-state index in [4.69, 9.17) is 0 Å². The quantitative estimate of drug-likeness (QED) is 0.561. The molecule has 1 aromatic rings. The maximum Gasteiger partial charge on any atom is 0.255 e. The molecule has 0 saturated heterocycles. The third kappa shape index (κ3) is 3.16. The van der Waals surface area contributed by atoms with Crippen LogP contribution in [0.5, 0.6) is 0 Å². The van der Waals surface area contributed by atoms with Crippen molar-refractivity contribution in [1.29, 1.82) is 0 Å². The minimum atomic E-state index is -0.589. The fourth-order valence-electron chi connectivity index (χ4n) is 1.20. The van der Waals surface area contributed by atoms with E-state index in [1.807, 2.05) is 6.92 Å². The number of hydrogen-bond acceptors (Lipinski definition) is 2. The van der Waals surface area contributed by atoms with Crippen molar-refractivity contribution in [1.82, 2.24) is 9.88 Å². The van der Waals surface area contributed by atoms with E-state index in [0.29, 0.717) is 12.1 Å². The number of nitrogens with zero attached hydrogens (tertiary/aromatic N) is 2. The summed E-state index contributed by atoms with van der Waals surface area (Å²) in [5.41, 5.74) is 1.26. The average Bonchev–Trinajstić information content (AvgIpc) is 2.17. The SMILES string of the molecule is C=C(C)CN(C)C(=O)c1ccc(F)nc1. The molecule has 15 heavy (non-hydrogen) atoms. The molecule has 1 rings (SSSR count). The minimum Gasteiger partial charge on any atom is -0.338 e. The zero-order valence-corrected chi connectivity index (χ0v) is 8.83. The summed E-state index contributed by atoms with van der Waals surface area (Å²) >= 11 is 0. The van der Waals surface area contributed by atoms with E-state index in [9.17, 15) is 9.18 Å². The van der Waals surface area contributed by atoms with Gasteiger partial charge in [0.15, 0.2) is 0 Å². The first-order chi connectivity index (χ1) is 7.00. The number of carbonyl (C=O) groups excluding carboxylic acids is 1. The Kier molecular flexibility index (Phi) is 3.55. The molecule has 1 amide bonds. The predicted octanol–water partition coefficient (Wildman–Crippen LogP) is 1.87. The molecule has 1 heterocycles. The molecule has 1 aromatic heterocycles. The van der Waals surface area contributed by atoms with Crippen molar-refractivity contribution in [3.8, 4) is 0 Å². The third-order valence-corrected chi connectivity index (χ3v) is 1.83. The highest BCUT2D eigenvalue weighted by molar-refractivity contribution is 5.93. The summed E-state index contributed by atoms with van der Waals surface area (Å²) in [4.78, 5) is 16.7. The molecule has 0 atom stereocenters. The predicted molar refractivity (Wildman–Crippen MR) is 56.0 cm³/mol. The van der Waals surface area contributed by atoms with Crippen LogP contribution in [0.4, 0.5) is 4.39 Å². The monoisotopic (exact) mass is 208 g/mol. The largest absolute Gasteiger partial charge is 0.338 e. The van der Waals surface area contributed by atoms with Crippen molar-refractivity contribution in [3.63, 3.8) is 0 Å². The van der Waals surface area contributed by atoms with Crippen LogP contribution in [-0.4, -0.2) is 29.4 Å². The third-order valence-electron chi connectivity index (χ3n) is 1.83. The number of hydrogen-bond donors (Lipinski definition) is 0. The molecule has 0 spiro atoms. The molecule has 3 nitrogen and oxygen atoms in total. The first-order valence-corrected chi connectivity index (χ1v) is 4.52. The molecule has 0 fully saturated rings. The summed E-state index contributed by atoms with van der Waals surface area (Å²) in [5.74, 6) is -0.778. The number of aromatic nitrogens is 1. The highest BCUT2D eigenvalue weighted by Gasteiger charge is 2.11. The van der Waals surface area contributed by atoms with Gasteiger partial charge in [0.2, 0.25) is 5.95 Å². The molecule has 0 saturated carbocycles. The van der Waals surface area contributed by atoms with Crippen LogP contribution in [-0.2, 0) is 0 Å². The van der Waals surface area contributed by atoms with E-state index in [0.717, 1.165) is 5.57 Å². The van der Waals surface area contributed by atoms with Crippen molar-refractivity contribution < 1.29 is 9.18 Å². The number of carbonyl (C=O) groups is 1. The van der Waals surface area contributed by atoms with Crippen LogP contribution in [0.3, 0.4) is 0 Å². The smallest absolute Gasteiger partial charge is 0.255 e. The standard InChI is InChI=1S/C11H13FN2O/c1-8(2)7-14(3)11(15)9-4-5-10(12)13-6-9/h4-6H,1,7H2,2-3H3. The zero-order chi connectivity index (χ0) is 11.4.